The molecule has 2 aromatic heterocycles. The number of hydrogen-bond donors (Lipinski definition) is 0. The van der Waals surface area contributed by atoms with Crippen LogP contribution in [0.1, 0.15) is 26.7 Å². The summed E-state index contributed by atoms with van der Waals surface area (Å²) in [5.74, 6) is 1.76. The second-order valence-electron chi connectivity index (χ2n) is 8.38. The lowest BCUT2D eigenvalue weighted by Crippen LogP contribution is -2.53. The molecule has 0 aromatic carbocycles. The minimum Gasteiger partial charge on any atom is -0.340 e. The number of nitrogens with zero attached hydrogens (tertiary/aromatic N) is 6. The summed E-state index contributed by atoms with van der Waals surface area (Å²) >= 11 is 6.15. The molecule has 2 saturated heterocycles. The van der Waals surface area contributed by atoms with Crippen molar-refractivity contribution >= 4 is 29.1 Å². The van der Waals surface area contributed by atoms with Crippen LogP contribution in [0.5, 0.6) is 0 Å². The Bertz CT molecular complexity index is 829. The van der Waals surface area contributed by atoms with Crippen molar-refractivity contribution in [3.05, 3.63) is 23.4 Å². The summed E-state index contributed by atoms with van der Waals surface area (Å²) in [5, 5.41) is 9.24. The van der Waals surface area contributed by atoms with Crippen LogP contribution in [-0.4, -0.2) is 76.1 Å². The van der Waals surface area contributed by atoms with Crippen molar-refractivity contribution in [1.29, 1.82) is 0 Å². The van der Waals surface area contributed by atoms with Gasteiger partial charge in [-0.3, -0.25) is 14.1 Å². The Morgan fingerprint density at radius 3 is 2.71 bits per heavy atom. The van der Waals surface area contributed by atoms with E-state index >= 15 is 0 Å². The lowest BCUT2D eigenvalue weighted by Gasteiger charge is -2.39. The SMILES string of the molecule is CC(C)CN1CCN(C(=O)[C@H]2CCCN(c3nnc4ccc(Cl)cn34)C2)CC1. The number of piperazine rings is 1. The van der Waals surface area contributed by atoms with Gasteiger partial charge in [-0.1, -0.05) is 25.4 Å². The predicted octanol–water partition coefficient (Wildman–Crippen LogP) is 2.40. The predicted molar refractivity (Wildman–Crippen MR) is 111 cm³/mol. The molecular weight excluding hydrogens is 376 g/mol. The van der Waals surface area contributed by atoms with E-state index in [1.807, 2.05) is 22.7 Å². The van der Waals surface area contributed by atoms with E-state index in [2.05, 4.69) is 38.7 Å². The van der Waals surface area contributed by atoms with Crippen molar-refractivity contribution in [2.24, 2.45) is 11.8 Å². The maximum absolute atomic E-state index is 13.1. The van der Waals surface area contributed by atoms with Gasteiger partial charge in [0.25, 0.3) is 0 Å². The standard InChI is InChI=1S/C20H29ClN6O/c1-15(2)12-24-8-10-25(11-9-24)19(28)16-4-3-7-26(13-16)20-23-22-18-6-5-17(21)14-27(18)20/h5-6,14-16H,3-4,7-13H2,1-2H3/t16-/m0/s1. The van der Waals surface area contributed by atoms with Gasteiger partial charge < -0.3 is 9.80 Å². The van der Waals surface area contributed by atoms with E-state index in [-0.39, 0.29) is 5.92 Å². The Balaban J connectivity index is 1.41. The zero-order chi connectivity index (χ0) is 19.7. The van der Waals surface area contributed by atoms with Gasteiger partial charge in [-0.2, -0.15) is 0 Å². The van der Waals surface area contributed by atoms with Gasteiger partial charge in [0.1, 0.15) is 0 Å². The third-order valence-corrected chi connectivity index (χ3v) is 5.93. The van der Waals surface area contributed by atoms with E-state index in [4.69, 9.17) is 11.6 Å². The number of halogens is 1. The zero-order valence-electron chi connectivity index (χ0n) is 16.7. The summed E-state index contributed by atoms with van der Waals surface area (Å²) in [7, 11) is 0. The van der Waals surface area contributed by atoms with Crippen molar-refractivity contribution in [1.82, 2.24) is 24.4 Å². The second kappa shape index (κ2) is 8.25. The highest BCUT2D eigenvalue weighted by molar-refractivity contribution is 6.30. The summed E-state index contributed by atoms with van der Waals surface area (Å²) in [6.07, 6.45) is 3.77. The van der Waals surface area contributed by atoms with Crippen LogP contribution in [0.15, 0.2) is 18.3 Å². The first-order valence-electron chi connectivity index (χ1n) is 10.3. The van der Waals surface area contributed by atoms with E-state index in [1.54, 1.807) is 0 Å². The van der Waals surface area contributed by atoms with Gasteiger partial charge in [0.15, 0.2) is 5.65 Å². The number of pyridine rings is 1. The van der Waals surface area contributed by atoms with Gasteiger partial charge >= 0.3 is 0 Å². The summed E-state index contributed by atoms with van der Waals surface area (Å²) < 4.78 is 1.92. The normalized spacial score (nSPS) is 21.6. The highest BCUT2D eigenvalue weighted by Gasteiger charge is 2.32. The molecule has 7 nitrogen and oxygen atoms in total. The molecule has 2 aliphatic rings. The fraction of sp³-hybridized carbons (Fsp3) is 0.650. The molecule has 2 aliphatic heterocycles. The number of fused-ring (bicyclic) bond motifs is 1. The van der Waals surface area contributed by atoms with E-state index in [1.165, 1.54) is 0 Å². The molecule has 0 radical (unpaired) electrons. The highest BCUT2D eigenvalue weighted by Crippen LogP contribution is 2.25. The number of aromatic nitrogens is 3. The first kappa shape index (κ1) is 19.5. The largest absolute Gasteiger partial charge is 0.340 e. The van der Waals surface area contributed by atoms with Crippen LogP contribution >= 0.6 is 11.6 Å². The number of amides is 1. The minimum absolute atomic E-state index is 0.0249. The average Bonchev–Trinajstić information content (AvgIpc) is 3.11. The molecule has 0 bridgehead atoms. The molecule has 8 heteroatoms. The fourth-order valence-electron chi connectivity index (χ4n) is 4.35. The quantitative estimate of drug-likeness (QED) is 0.783. The number of hydrogen-bond acceptors (Lipinski definition) is 5. The molecule has 0 spiro atoms. The van der Waals surface area contributed by atoms with Crippen molar-refractivity contribution in [3.8, 4) is 0 Å². The monoisotopic (exact) mass is 404 g/mol. The topological polar surface area (TPSA) is 57.0 Å². The summed E-state index contributed by atoms with van der Waals surface area (Å²) in [4.78, 5) is 19.8. The average molecular weight is 405 g/mol. The molecule has 0 saturated carbocycles. The second-order valence-corrected chi connectivity index (χ2v) is 8.82. The molecule has 2 fully saturated rings. The Kier molecular flexibility index (Phi) is 5.73. The molecular formula is C20H29ClN6O. The summed E-state index contributed by atoms with van der Waals surface area (Å²) in [6.45, 7) is 10.8. The third-order valence-electron chi connectivity index (χ3n) is 5.71. The molecule has 0 N–H and O–H groups in total. The maximum Gasteiger partial charge on any atom is 0.231 e. The van der Waals surface area contributed by atoms with Crippen LogP contribution in [0.3, 0.4) is 0 Å². The van der Waals surface area contributed by atoms with Crippen LogP contribution < -0.4 is 4.90 Å². The number of carbonyl (C=O) groups excluding carboxylic acids is 1. The van der Waals surface area contributed by atoms with Gasteiger partial charge in [0.05, 0.1) is 10.9 Å². The van der Waals surface area contributed by atoms with E-state index < -0.39 is 0 Å². The number of rotatable bonds is 4. The Morgan fingerprint density at radius 1 is 1.18 bits per heavy atom. The van der Waals surface area contributed by atoms with Crippen LogP contribution in [0, 0.1) is 11.8 Å². The Morgan fingerprint density at radius 2 is 1.96 bits per heavy atom. The molecule has 4 heterocycles. The zero-order valence-corrected chi connectivity index (χ0v) is 17.5. The molecule has 28 heavy (non-hydrogen) atoms. The molecule has 1 atom stereocenters. The van der Waals surface area contributed by atoms with Crippen molar-refractivity contribution in [2.75, 3.05) is 50.7 Å². The van der Waals surface area contributed by atoms with Gasteiger partial charge in [-0.25, -0.2) is 0 Å². The highest BCUT2D eigenvalue weighted by atomic mass is 35.5. The lowest BCUT2D eigenvalue weighted by atomic mass is 9.96. The molecule has 0 unspecified atom stereocenters. The summed E-state index contributed by atoms with van der Waals surface area (Å²) in [5.41, 5.74) is 0.772. The van der Waals surface area contributed by atoms with Crippen LogP contribution in [0.25, 0.3) is 5.65 Å². The van der Waals surface area contributed by atoms with Crippen molar-refractivity contribution < 1.29 is 4.79 Å². The summed E-state index contributed by atoms with van der Waals surface area (Å²) in [6, 6.07) is 3.68. The fourth-order valence-corrected chi connectivity index (χ4v) is 4.51. The maximum atomic E-state index is 13.1. The first-order valence-corrected chi connectivity index (χ1v) is 10.7. The Hall–Kier alpha value is -1.86. The molecule has 152 valence electrons. The molecule has 0 aliphatic carbocycles. The molecule has 1 amide bonds. The third kappa shape index (κ3) is 4.10. The first-order chi connectivity index (χ1) is 13.5. The van der Waals surface area contributed by atoms with Crippen LogP contribution in [-0.2, 0) is 4.79 Å². The van der Waals surface area contributed by atoms with Gasteiger partial charge in [0.2, 0.25) is 11.9 Å². The number of piperidine rings is 1. The van der Waals surface area contributed by atoms with Crippen LogP contribution in [0.2, 0.25) is 5.02 Å². The lowest BCUT2D eigenvalue weighted by molar-refractivity contribution is -0.137. The van der Waals surface area contributed by atoms with Gasteiger partial charge in [-0.05, 0) is 30.9 Å². The van der Waals surface area contributed by atoms with E-state index in [0.29, 0.717) is 23.4 Å². The van der Waals surface area contributed by atoms with Crippen LogP contribution in [0.4, 0.5) is 5.95 Å². The number of anilines is 1. The number of carbonyl (C=O) groups is 1. The molecule has 2 aromatic rings. The van der Waals surface area contributed by atoms with Crippen molar-refractivity contribution in [3.63, 3.8) is 0 Å². The minimum atomic E-state index is 0.0249. The van der Waals surface area contributed by atoms with Crippen molar-refractivity contribution in [2.45, 2.75) is 26.7 Å². The van der Waals surface area contributed by atoms with E-state index in [0.717, 1.165) is 63.7 Å². The van der Waals surface area contributed by atoms with Gasteiger partial charge in [-0.15, -0.1) is 10.2 Å². The van der Waals surface area contributed by atoms with Gasteiger partial charge in [0, 0.05) is 52.0 Å². The molecule has 4 rings (SSSR count). The Labute approximate surface area is 171 Å². The van der Waals surface area contributed by atoms with E-state index in [9.17, 15) is 4.79 Å². The smallest absolute Gasteiger partial charge is 0.231 e.